The monoisotopic (exact) mass is 303 g/mol. The molecule has 1 aromatic heterocycles. The molecule has 19 heavy (non-hydrogen) atoms. The highest BCUT2D eigenvalue weighted by Gasteiger charge is 2.19. The fourth-order valence-corrected chi connectivity index (χ4v) is 3.04. The molecule has 5 nitrogen and oxygen atoms in total. The van der Waals surface area contributed by atoms with Gasteiger partial charge < -0.3 is 5.32 Å². The number of rotatable bonds is 8. The first-order chi connectivity index (χ1) is 9.07. The van der Waals surface area contributed by atoms with Crippen molar-refractivity contribution >= 4 is 27.4 Å². The van der Waals surface area contributed by atoms with Gasteiger partial charge in [-0.05, 0) is 44.4 Å². The zero-order valence-electron chi connectivity index (χ0n) is 10.6. The summed E-state index contributed by atoms with van der Waals surface area (Å²) in [5, 5.41) is 3.66. The van der Waals surface area contributed by atoms with Crippen LogP contribution < -0.4 is 10.0 Å². The van der Waals surface area contributed by atoms with Gasteiger partial charge in [-0.25, -0.2) is 13.4 Å². The Morgan fingerprint density at radius 1 is 1.37 bits per heavy atom. The second-order valence-corrected chi connectivity index (χ2v) is 6.94. The van der Waals surface area contributed by atoms with E-state index in [9.17, 15) is 8.42 Å². The molecule has 7 heteroatoms. The number of hydrogen-bond acceptors (Lipinski definition) is 4. The van der Waals surface area contributed by atoms with E-state index in [0.717, 1.165) is 13.0 Å². The van der Waals surface area contributed by atoms with E-state index in [4.69, 9.17) is 11.6 Å². The molecule has 0 spiro atoms. The summed E-state index contributed by atoms with van der Waals surface area (Å²) in [5.41, 5.74) is 0. The number of hydrogen-bond donors (Lipinski definition) is 2. The Morgan fingerprint density at radius 3 is 2.84 bits per heavy atom. The number of unbranched alkanes of at least 4 members (excludes halogenated alkanes) is 1. The summed E-state index contributed by atoms with van der Waals surface area (Å²) in [6, 6.07) is 3.93. The topological polar surface area (TPSA) is 71.1 Å². The molecule has 2 N–H and O–H groups in total. The summed E-state index contributed by atoms with van der Waals surface area (Å²) in [6.07, 6.45) is 5.48. The summed E-state index contributed by atoms with van der Waals surface area (Å²) >= 11 is 5.86. The molecule has 1 saturated carbocycles. The smallest absolute Gasteiger partial charge is 0.233 e. The van der Waals surface area contributed by atoms with Gasteiger partial charge in [-0.15, -0.1) is 0 Å². The summed E-state index contributed by atoms with van der Waals surface area (Å²) in [5.74, 6) is 0.284. The van der Waals surface area contributed by atoms with Gasteiger partial charge in [0.15, 0.2) is 5.82 Å². The van der Waals surface area contributed by atoms with Crippen LogP contribution >= 0.6 is 11.6 Å². The van der Waals surface area contributed by atoms with Crippen LogP contribution in [0.1, 0.15) is 25.7 Å². The van der Waals surface area contributed by atoms with Crippen LogP contribution in [0.2, 0.25) is 5.02 Å². The van der Waals surface area contributed by atoms with E-state index in [2.05, 4.69) is 15.0 Å². The fourth-order valence-electron chi connectivity index (χ4n) is 1.67. The van der Waals surface area contributed by atoms with Crippen LogP contribution in [-0.4, -0.2) is 31.7 Å². The number of aromatic nitrogens is 1. The maximum absolute atomic E-state index is 11.8. The summed E-state index contributed by atoms with van der Waals surface area (Å²) in [7, 11) is -3.37. The van der Waals surface area contributed by atoms with Gasteiger partial charge in [-0.1, -0.05) is 11.6 Å². The van der Waals surface area contributed by atoms with E-state index in [1.165, 1.54) is 19.0 Å². The molecule has 1 aromatic rings. The number of halogens is 1. The molecule has 0 atom stereocenters. The Hall–Kier alpha value is -0.850. The van der Waals surface area contributed by atoms with E-state index in [-0.39, 0.29) is 11.6 Å². The van der Waals surface area contributed by atoms with Crippen molar-refractivity contribution in [1.29, 1.82) is 0 Å². The molecule has 1 fully saturated rings. The molecule has 0 saturated heterocycles. The lowest BCUT2D eigenvalue weighted by Crippen LogP contribution is -2.21. The highest BCUT2D eigenvalue weighted by atomic mass is 35.5. The quantitative estimate of drug-likeness (QED) is 0.721. The predicted molar refractivity (Wildman–Crippen MR) is 76.9 cm³/mol. The van der Waals surface area contributed by atoms with Crippen molar-refractivity contribution in [3.63, 3.8) is 0 Å². The van der Waals surface area contributed by atoms with Gasteiger partial charge in [0.25, 0.3) is 0 Å². The number of nitrogens with one attached hydrogen (secondary N) is 2. The van der Waals surface area contributed by atoms with Crippen molar-refractivity contribution in [2.75, 3.05) is 17.0 Å². The molecule has 0 unspecified atom stereocenters. The van der Waals surface area contributed by atoms with Crippen molar-refractivity contribution in [2.24, 2.45) is 0 Å². The largest absolute Gasteiger partial charge is 0.314 e. The molecule has 2 rings (SSSR count). The molecular weight excluding hydrogens is 286 g/mol. The van der Waals surface area contributed by atoms with E-state index < -0.39 is 10.0 Å². The van der Waals surface area contributed by atoms with E-state index in [1.54, 1.807) is 12.1 Å². The first kappa shape index (κ1) is 14.6. The van der Waals surface area contributed by atoms with Crippen LogP contribution in [0.4, 0.5) is 5.82 Å². The van der Waals surface area contributed by atoms with Gasteiger partial charge in [-0.2, -0.15) is 0 Å². The van der Waals surface area contributed by atoms with Crippen molar-refractivity contribution in [3.8, 4) is 0 Å². The Balaban J connectivity index is 1.73. The standard InChI is InChI=1S/C12H18ClN3O2S/c13-11-4-3-8-15-12(11)16-19(17,18)9-2-1-7-14-10-5-6-10/h3-4,8,10,14H,1-2,5-7,9H2,(H,15,16). The summed E-state index contributed by atoms with van der Waals surface area (Å²) in [4.78, 5) is 3.90. The third-order valence-electron chi connectivity index (χ3n) is 2.86. The molecule has 106 valence electrons. The van der Waals surface area contributed by atoms with Crippen LogP contribution in [0, 0.1) is 0 Å². The molecule has 0 amide bonds. The highest BCUT2D eigenvalue weighted by Crippen LogP contribution is 2.19. The zero-order chi connectivity index (χ0) is 13.7. The van der Waals surface area contributed by atoms with Crippen molar-refractivity contribution < 1.29 is 8.42 Å². The molecule has 1 heterocycles. The second kappa shape index (κ2) is 6.54. The average molecular weight is 304 g/mol. The maximum Gasteiger partial charge on any atom is 0.233 e. The molecule has 0 bridgehead atoms. The lowest BCUT2D eigenvalue weighted by Gasteiger charge is -2.08. The van der Waals surface area contributed by atoms with Crippen molar-refractivity contribution in [3.05, 3.63) is 23.4 Å². The first-order valence-corrected chi connectivity index (χ1v) is 8.44. The van der Waals surface area contributed by atoms with Gasteiger partial charge in [0.2, 0.25) is 10.0 Å². The van der Waals surface area contributed by atoms with Gasteiger partial charge >= 0.3 is 0 Å². The van der Waals surface area contributed by atoms with Crippen LogP contribution in [-0.2, 0) is 10.0 Å². The lowest BCUT2D eigenvalue weighted by atomic mass is 10.3. The van der Waals surface area contributed by atoms with Gasteiger partial charge in [0, 0.05) is 12.2 Å². The number of pyridine rings is 1. The normalized spacial score (nSPS) is 15.4. The van der Waals surface area contributed by atoms with E-state index in [1.807, 2.05) is 0 Å². The van der Waals surface area contributed by atoms with Gasteiger partial charge in [0.1, 0.15) is 0 Å². The third kappa shape index (κ3) is 5.34. The lowest BCUT2D eigenvalue weighted by molar-refractivity contribution is 0.590. The highest BCUT2D eigenvalue weighted by molar-refractivity contribution is 7.92. The predicted octanol–water partition coefficient (Wildman–Crippen LogP) is 2.01. The number of anilines is 1. The third-order valence-corrected chi connectivity index (χ3v) is 4.50. The Labute approximate surface area is 118 Å². The summed E-state index contributed by atoms with van der Waals surface area (Å²) < 4.78 is 26.1. The molecule has 1 aliphatic rings. The SMILES string of the molecule is O=S(=O)(CCCCNC1CC1)Nc1ncccc1Cl. The van der Waals surface area contributed by atoms with Gasteiger partial charge in [-0.3, -0.25) is 4.72 Å². The van der Waals surface area contributed by atoms with E-state index >= 15 is 0 Å². The zero-order valence-corrected chi connectivity index (χ0v) is 12.2. The molecule has 1 aliphatic carbocycles. The fraction of sp³-hybridized carbons (Fsp3) is 0.583. The Bertz CT molecular complexity index is 517. The minimum Gasteiger partial charge on any atom is -0.314 e. The van der Waals surface area contributed by atoms with Crippen LogP contribution in [0.5, 0.6) is 0 Å². The molecular formula is C12H18ClN3O2S. The number of sulfonamides is 1. The first-order valence-electron chi connectivity index (χ1n) is 6.41. The minimum absolute atomic E-state index is 0.0895. The minimum atomic E-state index is -3.37. The Kier molecular flexibility index (Phi) is 5.01. The van der Waals surface area contributed by atoms with E-state index in [0.29, 0.717) is 17.5 Å². The maximum atomic E-state index is 11.8. The summed E-state index contributed by atoms with van der Waals surface area (Å²) in [6.45, 7) is 0.879. The van der Waals surface area contributed by atoms with Crippen molar-refractivity contribution in [2.45, 2.75) is 31.7 Å². The number of nitrogens with zero attached hydrogens (tertiary/aromatic N) is 1. The van der Waals surface area contributed by atoms with Crippen molar-refractivity contribution in [1.82, 2.24) is 10.3 Å². The molecule has 0 aliphatic heterocycles. The molecule has 0 aromatic carbocycles. The van der Waals surface area contributed by atoms with Crippen LogP contribution in [0.25, 0.3) is 0 Å². The van der Waals surface area contributed by atoms with Crippen LogP contribution in [0.15, 0.2) is 18.3 Å². The molecule has 0 radical (unpaired) electrons. The Morgan fingerprint density at radius 2 is 2.16 bits per heavy atom. The second-order valence-electron chi connectivity index (χ2n) is 4.69. The average Bonchev–Trinajstić information content (AvgIpc) is 3.15. The van der Waals surface area contributed by atoms with Crippen LogP contribution in [0.3, 0.4) is 0 Å². The van der Waals surface area contributed by atoms with Gasteiger partial charge in [0.05, 0.1) is 10.8 Å².